The van der Waals surface area contributed by atoms with E-state index < -0.39 is 0 Å². The Morgan fingerprint density at radius 2 is 1.93 bits per heavy atom. The predicted octanol–water partition coefficient (Wildman–Crippen LogP) is 3.82. The number of piperidine rings is 1. The zero-order valence-electron chi connectivity index (χ0n) is 16.5. The van der Waals surface area contributed by atoms with E-state index in [1.54, 1.807) is 6.33 Å². The summed E-state index contributed by atoms with van der Waals surface area (Å²) in [5.74, 6) is 1.04. The molecule has 1 aromatic heterocycles. The number of ether oxygens (including phenoxy) is 1. The van der Waals surface area contributed by atoms with Gasteiger partial charge in [-0.2, -0.15) is 0 Å². The molecule has 150 valence electrons. The molecule has 2 saturated heterocycles. The highest BCUT2D eigenvalue weighted by molar-refractivity contribution is 6.30. The fraction of sp³-hybridized carbons (Fsp3) is 0.545. The van der Waals surface area contributed by atoms with Crippen molar-refractivity contribution in [3.05, 3.63) is 53.4 Å². The molecule has 2 fully saturated rings. The number of aryl methyl sites for hydroxylation is 1. The third-order valence-electron chi connectivity index (χ3n) is 6.01. The summed E-state index contributed by atoms with van der Waals surface area (Å²) in [6.07, 6.45) is 8.31. The van der Waals surface area contributed by atoms with Crippen molar-refractivity contribution < 1.29 is 4.74 Å². The molecular formula is C22H29ClN4O. The summed E-state index contributed by atoms with van der Waals surface area (Å²) in [6, 6.07) is 11.4. The first kappa shape index (κ1) is 19.6. The van der Waals surface area contributed by atoms with Gasteiger partial charge in [0.05, 0.1) is 12.7 Å². The molecule has 0 bridgehead atoms. The quantitative estimate of drug-likeness (QED) is 0.763. The first-order chi connectivity index (χ1) is 13.7. The fourth-order valence-electron chi connectivity index (χ4n) is 4.45. The molecule has 6 heteroatoms. The summed E-state index contributed by atoms with van der Waals surface area (Å²) >= 11 is 6.02. The molecule has 2 aliphatic rings. The van der Waals surface area contributed by atoms with Gasteiger partial charge >= 0.3 is 0 Å². The molecule has 0 N–H and O–H groups in total. The maximum absolute atomic E-state index is 6.02. The van der Waals surface area contributed by atoms with Gasteiger partial charge in [-0.1, -0.05) is 23.7 Å². The van der Waals surface area contributed by atoms with Crippen molar-refractivity contribution in [1.82, 2.24) is 14.9 Å². The van der Waals surface area contributed by atoms with Crippen LogP contribution in [-0.2, 0) is 11.2 Å². The van der Waals surface area contributed by atoms with E-state index in [4.69, 9.17) is 16.3 Å². The molecular weight excluding hydrogens is 372 g/mol. The summed E-state index contributed by atoms with van der Waals surface area (Å²) in [4.78, 5) is 13.5. The smallest absolute Gasteiger partial charge is 0.131 e. The zero-order valence-corrected chi connectivity index (χ0v) is 17.3. The zero-order chi connectivity index (χ0) is 19.3. The largest absolute Gasteiger partial charge is 0.376 e. The molecule has 0 saturated carbocycles. The Balaban J connectivity index is 1.36. The molecule has 0 radical (unpaired) electrons. The first-order valence-corrected chi connectivity index (χ1v) is 10.7. The summed E-state index contributed by atoms with van der Waals surface area (Å²) in [7, 11) is 0. The molecule has 2 aliphatic heterocycles. The van der Waals surface area contributed by atoms with Crippen molar-refractivity contribution in [2.24, 2.45) is 0 Å². The van der Waals surface area contributed by atoms with Crippen molar-refractivity contribution in [3.63, 3.8) is 0 Å². The number of nitrogens with zero attached hydrogens (tertiary/aromatic N) is 4. The summed E-state index contributed by atoms with van der Waals surface area (Å²) < 4.78 is 6.02. The van der Waals surface area contributed by atoms with Gasteiger partial charge in [0, 0.05) is 42.9 Å². The molecule has 2 aromatic rings. The number of aromatic nitrogens is 2. The van der Waals surface area contributed by atoms with Gasteiger partial charge in [-0.3, -0.25) is 4.90 Å². The molecule has 3 heterocycles. The predicted molar refractivity (Wildman–Crippen MR) is 113 cm³/mol. The highest BCUT2D eigenvalue weighted by Crippen LogP contribution is 2.27. The van der Waals surface area contributed by atoms with Crippen LogP contribution in [0.15, 0.2) is 42.9 Å². The summed E-state index contributed by atoms with van der Waals surface area (Å²) in [5, 5.41) is 0.802. The maximum Gasteiger partial charge on any atom is 0.131 e. The molecule has 1 aromatic carbocycles. The van der Waals surface area contributed by atoms with Gasteiger partial charge < -0.3 is 9.64 Å². The van der Waals surface area contributed by atoms with E-state index in [0.29, 0.717) is 18.2 Å². The van der Waals surface area contributed by atoms with E-state index in [1.165, 1.54) is 18.4 Å². The Morgan fingerprint density at radius 3 is 2.64 bits per heavy atom. The first-order valence-electron chi connectivity index (χ1n) is 10.3. The Bertz CT molecular complexity index is 734. The van der Waals surface area contributed by atoms with Crippen molar-refractivity contribution in [1.29, 1.82) is 0 Å². The van der Waals surface area contributed by atoms with Gasteiger partial charge in [-0.05, 0) is 56.4 Å². The molecule has 0 unspecified atom stereocenters. The van der Waals surface area contributed by atoms with Crippen LogP contribution in [0.4, 0.5) is 5.82 Å². The monoisotopic (exact) mass is 400 g/mol. The molecule has 5 nitrogen and oxygen atoms in total. The van der Waals surface area contributed by atoms with E-state index in [2.05, 4.69) is 38.8 Å². The number of anilines is 1. The molecule has 2 atom stereocenters. The van der Waals surface area contributed by atoms with Crippen LogP contribution >= 0.6 is 11.6 Å². The van der Waals surface area contributed by atoms with Gasteiger partial charge in [0.2, 0.25) is 0 Å². The van der Waals surface area contributed by atoms with E-state index in [-0.39, 0.29) is 0 Å². The second-order valence-electron chi connectivity index (χ2n) is 7.95. The van der Waals surface area contributed by atoms with E-state index in [1.807, 2.05) is 24.4 Å². The summed E-state index contributed by atoms with van der Waals surface area (Å²) in [5.41, 5.74) is 1.35. The van der Waals surface area contributed by atoms with E-state index in [9.17, 15) is 0 Å². The van der Waals surface area contributed by atoms with Crippen molar-refractivity contribution in [2.75, 3.05) is 31.1 Å². The van der Waals surface area contributed by atoms with Gasteiger partial charge in [0.25, 0.3) is 0 Å². The number of rotatable bonds is 5. The molecule has 4 rings (SSSR count). The van der Waals surface area contributed by atoms with Crippen LogP contribution in [0.2, 0.25) is 5.02 Å². The average Bonchev–Trinajstić information content (AvgIpc) is 2.75. The number of morpholine rings is 1. The standard InChI is InChI=1S/C22H29ClN4O/c1-17-14-27(20-9-12-26(13-10-20)22-8-11-24-16-25-22)21(15-28-17)7-4-18-2-5-19(23)6-3-18/h2-3,5-6,8,11,16-17,20-21H,4,7,9-10,12-15H2,1H3/t17-,21-/m0/s1. The van der Waals surface area contributed by atoms with E-state index in [0.717, 1.165) is 49.9 Å². The maximum atomic E-state index is 6.02. The van der Waals surface area contributed by atoms with Crippen LogP contribution in [-0.4, -0.2) is 59.3 Å². The Labute approximate surface area is 172 Å². The number of hydrogen-bond donors (Lipinski definition) is 0. The van der Waals surface area contributed by atoms with Crippen molar-refractivity contribution >= 4 is 17.4 Å². The minimum atomic E-state index is 0.312. The Hall–Kier alpha value is -1.69. The lowest BCUT2D eigenvalue weighted by atomic mass is 9.96. The average molecular weight is 401 g/mol. The summed E-state index contributed by atoms with van der Waals surface area (Å²) in [6.45, 7) is 6.16. The lowest BCUT2D eigenvalue weighted by Crippen LogP contribution is -2.56. The second kappa shape index (κ2) is 9.21. The highest BCUT2D eigenvalue weighted by atomic mass is 35.5. The van der Waals surface area contributed by atoms with Crippen LogP contribution in [0.1, 0.15) is 31.7 Å². The number of benzene rings is 1. The van der Waals surface area contributed by atoms with Crippen molar-refractivity contribution in [2.45, 2.75) is 50.8 Å². The molecule has 0 aliphatic carbocycles. The topological polar surface area (TPSA) is 41.5 Å². The second-order valence-corrected chi connectivity index (χ2v) is 8.38. The highest BCUT2D eigenvalue weighted by Gasteiger charge is 2.34. The Morgan fingerprint density at radius 1 is 1.14 bits per heavy atom. The van der Waals surface area contributed by atoms with Gasteiger partial charge in [0.15, 0.2) is 0 Å². The molecule has 0 spiro atoms. The van der Waals surface area contributed by atoms with E-state index >= 15 is 0 Å². The number of halogens is 1. The van der Waals surface area contributed by atoms with Gasteiger partial charge in [0.1, 0.15) is 12.1 Å². The molecule has 0 amide bonds. The van der Waals surface area contributed by atoms with Crippen LogP contribution in [0.3, 0.4) is 0 Å². The van der Waals surface area contributed by atoms with Crippen LogP contribution in [0.25, 0.3) is 0 Å². The van der Waals surface area contributed by atoms with Crippen LogP contribution in [0, 0.1) is 0 Å². The van der Waals surface area contributed by atoms with Crippen molar-refractivity contribution in [3.8, 4) is 0 Å². The molecule has 28 heavy (non-hydrogen) atoms. The van der Waals surface area contributed by atoms with Gasteiger partial charge in [-0.15, -0.1) is 0 Å². The number of hydrogen-bond acceptors (Lipinski definition) is 5. The minimum Gasteiger partial charge on any atom is -0.376 e. The van der Waals surface area contributed by atoms with Crippen LogP contribution < -0.4 is 4.90 Å². The third kappa shape index (κ3) is 4.83. The SMILES string of the molecule is C[C@H]1CN(C2CCN(c3ccncn3)CC2)[C@@H](CCc2ccc(Cl)cc2)CO1. The lowest BCUT2D eigenvalue weighted by molar-refractivity contribution is -0.0767. The minimum absolute atomic E-state index is 0.312. The van der Waals surface area contributed by atoms with Crippen LogP contribution in [0.5, 0.6) is 0 Å². The third-order valence-corrected chi connectivity index (χ3v) is 6.27. The fourth-order valence-corrected chi connectivity index (χ4v) is 4.57. The normalized spacial score (nSPS) is 24.4. The lowest BCUT2D eigenvalue weighted by Gasteiger charge is -2.46. The Kier molecular flexibility index (Phi) is 6.45. The van der Waals surface area contributed by atoms with Gasteiger partial charge in [-0.25, -0.2) is 9.97 Å².